The third-order valence-corrected chi connectivity index (χ3v) is 3.97. The molecule has 1 aliphatic carbocycles. The number of rotatable bonds is 3. The number of carbonyl (C=O) groups is 1. The first-order chi connectivity index (χ1) is 10.2. The van der Waals surface area contributed by atoms with E-state index in [0.29, 0.717) is 5.69 Å². The number of nitrogens with one attached hydrogen (secondary N) is 2. The Balaban J connectivity index is 1.71. The highest BCUT2D eigenvalue weighted by atomic mass is 19.1. The molecule has 1 fully saturated rings. The highest BCUT2D eigenvalue weighted by molar-refractivity contribution is 5.89. The monoisotopic (exact) mass is 284 g/mol. The van der Waals surface area contributed by atoms with Crippen LogP contribution in [0.4, 0.5) is 14.9 Å². The smallest absolute Gasteiger partial charge is 0.319 e. The molecule has 21 heavy (non-hydrogen) atoms. The van der Waals surface area contributed by atoms with Crippen molar-refractivity contribution >= 4 is 11.7 Å². The minimum absolute atomic E-state index is 0.293. The summed E-state index contributed by atoms with van der Waals surface area (Å²) in [6, 6.07) is 15.6. The molecule has 0 bridgehead atoms. The van der Waals surface area contributed by atoms with Crippen LogP contribution in [-0.2, 0) is 5.54 Å². The molecule has 0 heterocycles. The van der Waals surface area contributed by atoms with Crippen LogP contribution in [-0.4, -0.2) is 6.03 Å². The van der Waals surface area contributed by atoms with Crippen molar-refractivity contribution in [2.45, 2.75) is 24.8 Å². The van der Waals surface area contributed by atoms with E-state index in [1.54, 1.807) is 12.1 Å². The Labute approximate surface area is 123 Å². The molecule has 4 heteroatoms. The second-order valence-electron chi connectivity index (χ2n) is 5.39. The van der Waals surface area contributed by atoms with E-state index >= 15 is 0 Å². The molecule has 2 aromatic carbocycles. The molecule has 0 radical (unpaired) electrons. The van der Waals surface area contributed by atoms with E-state index in [4.69, 9.17) is 0 Å². The van der Waals surface area contributed by atoms with Gasteiger partial charge in [-0.2, -0.15) is 0 Å². The lowest BCUT2D eigenvalue weighted by Crippen LogP contribution is -2.52. The number of hydrogen-bond acceptors (Lipinski definition) is 1. The van der Waals surface area contributed by atoms with Crippen molar-refractivity contribution in [3.8, 4) is 0 Å². The predicted octanol–water partition coefficient (Wildman–Crippen LogP) is 4.03. The lowest BCUT2D eigenvalue weighted by Gasteiger charge is -2.43. The van der Waals surface area contributed by atoms with Gasteiger partial charge in [0.25, 0.3) is 0 Å². The molecular formula is C17H17FN2O. The van der Waals surface area contributed by atoms with E-state index in [0.717, 1.165) is 24.8 Å². The molecule has 0 spiro atoms. The number of amides is 2. The zero-order valence-corrected chi connectivity index (χ0v) is 11.6. The molecule has 0 aliphatic heterocycles. The summed E-state index contributed by atoms with van der Waals surface area (Å²) in [6.07, 6.45) is 2.94. The molecule has 2 N–H and O–H groups in total. The van der Waals surface area contributed by atoms with Crippen molar-refractivity contribution in [1.82, 2.24) is 5.32 Å². The molecule has 2 amide bonds. The van der Waals surface area contributed by atoms with E-state index in [-0.39, 0.29) is 17.4 Å². The molecule has 1 aliphatic rings. The quantitative estimate of drug-likeness (QED) is 0.878. The fraction of sp³-hybridized carbons (Fsp3) is 0.235. The van der Waals surface area contributed by atoms with Gasteiger partial charge in [-0.3, -0.25) is 0 Å². The molecule has 0 unspecified atom stereocenters. The van der Waals surface area contributed by atoms with Crippen LogP contribution in [0.5, 0.6) is 0 Å². The Morgan fingerprint density at radius 2 is 1.81 bits per heavy atom. The van der Waals surface area contributed by atoms with Gasteiger partial charge < -0.3 is 10.6 Å². The van der Waals surface area contributed by atoms with Crippen molar-refractivity contribution < 1.29 is 9.18 Å². The Hall–Kier alpha value is -2.36. The molecule has 0 atom stereocenters. The van der Waals surface area contributed by atoms with Crippen molar-refractivity contribution in [2.24, 2.45) is 0 Å². The van der Waals surface area contributed by atoms with Crippen molar-refractivity contribution in [1.29, 1.82) is 0 Å². The molecular weight excluding hydrogens is 267 g/mol. The summed E-state index contributed by atoms with van der Waals surface area (Å²) in [4.78, 5) is 12.2. The predicted molar refractivity (Wildman–Crippen MR) is 80.5 cm³/mol. The maximum atomic E-state index is 13.1. The zero-order chi connectivity index (χ0) is 14.7. The molecule has 1 saturated carbocycles. The van der Waals surface area contributed by atoms with Gasteiger partial charge >= 0.3 is 6.03 Å². The molecule has 0 aromatic heterocycles. The summed E-state index contributed by atoms with van der Waals surface area (Å²) >= 11 is 0. The standard InChI is InChI=1S/C17H17FN2O/c18-14-8-4-9-15(12-14)19-16(21)20-17(10-5-11-17)13-6-2-1-3-7-13/h1-4,6-9,12H,5,10-11H2,(H2,19,20,21). The second kappa shape index (κ2) is 5.56. The van der Waals surface area contributed by atoms with Crippen LogP contribution in [0, 0.1) is 5.82 Å². The Morgan fingerprint density at radius 3 is 2.43 bits per heavy atom. The minimum atomic E-state index is -0.366. The highest BCUT2D eigenvalue weighted by Gasteiger charge is 2.39. The van der Waals surface area contributed by atoms with Crippen LogP contribution < -0.4 is 10.6 Å². The summed E-state index contributed by atoms with van der Waals surface area (Å²) in [5, 5.41) is 5.73. The van der Waals surface area contributed by atoms with Crippen LogP contribution in [0.25, 0.3) is 0 Å². The first kappa shape index (κ1) is 13.6. The number of halogens is 1. The minimum Gasteiger partial charge on any atom is -0.328 e. The van der Waals surface area contributed by atoms with Gasteiger partial charge in [0, 0.05) is 5.69 Å². The van der Waals surface area contributed by atoms with E-state index in [1.807, 2.05) is 30.3 Å². The summed E-state index contributed by atoms with van der Waals surface area (Å²) in [6.45, 7) is 0. The number of carbonyl (C=O) groups excluding carboxylic acids is 1. The zero-order valence-electron chi connectivity index (χ0n) is 11.6. The van der Waals surface area contributed by atoms with E-state index < -0.39 is 0 Å². The van der Waals surface area contributed by atoms with Crippen LogP contribution in [0.3, 0.4) is 0 Å². The molecule has 3 rings (SSSR count). The normalized spacial score (nSPS) is 15.9. The van der Waals surface area contributed by atoms with Crippen LogP contribution in [0.15, 0.2) is 54.6 Å². The topological polar surface area (TPSA) is 41.1 Å². The van der Waals surface area contributed by atoms with Gasteiger partial charge in [-0.25, -0.2) is 9.18 Å². The van der Waals surface area contributed by atoms with E-state index in [1.165, 1.54) is 12.1 Å². The van der Waals surface area contributed by atoms with Crippen LogP contribution in [0.2, 0.25) is 0 Å². The molecule has 2 aromatic rings. The third-order valence-electron chi connectivity index (χ3n) is 3.97. The number of hydrogen-bond donors (Lipinski definition) is 2. The maximum absolute atomic E-state index is 13.1. The molecule has 108 valence electrons. The van der Waals surface area contributed by atoms with E-state index in [2.05, 4.69) is 10.6 Å². The largest absolute Gasteiger partial charge is 0.328 e. The lowest BCUT2D eigenvalue weighted by atomic mass is 9.72. The summed E-state index contributed by atoms with van der Waals surface area (Å²) in [7, 11) is 0. The van der Waals surface area contributed by atoms with Crippen molar-refractivity contribution in [2.75, 3.05) is 5.32 Å². The Bertz CT molecular complexity index is 638. The van der Waals surface area contributed by atoms with Crippen molar-refractivity contribution in [3.05, 3.63) is 66.0 Å². The van der Waals surface area contributed by atoms with Crippen LogP contribution in [0.1, 0.15) is 24.8 Å². The number of benzene rings is 2. The van der Waals surface area contributed by atoms with Crippen molar-refractivity contribution in [3.63, 3.8) is 0 Å². The van der Waals surface area contributed by atoms with Gasteiger partial charge in [-0.15, -0.1) is 0 Å². The summed E-state index contributed by atoms with van der Waals surface area (Å²) in [5.74, 6) is -0.366. The van der Waals surface area contributed by atoms with Gasteiger partial charge in [-0.1, -0.05) is 36.4 Å². The Morgan fingerprint density at radius 1 is 1.05 bits per heavy atom. The SMILES string of the molecule is O=C(Nc1cccc(F)c1)NC1(c2ccccc2)CCC1. The first-order valence-electron chi connectivity index (χ1n) is 7.08. The maximum Gasteiger partial charge on any atom is 0.319 e. The highest BCUT2D eigenvalue weighted by Crippen LogP contribution is 2.41. The number of urea groups is 1. The first-order valence-corrected chi connectivity index (χ1v) is 7.08. The molecule has 3 nitrogen and oxygen atoms in total. The van der Waals surface area contributed by atoms with Gasteiger partial charge in [0.15, 0.2) is 0 Å². The van der Waals surface area contributed by atoms with Crippen LogP contribution >= 0.6 is 0 Å². The fourth-order valence-corrected chi connectivity index (χ4v) is 2.72. The molecule has 0 saturated heterocycles. The second-order valence-corrected chi connectivity index (χ2v) is 5.39. The van der Waals surface area contributed by atoms with Gasteiger partial charge in [0.1, 0.15) is 5.82 Å². The third kappa shape index (κ3) is 2.89. The summed E-state index contributed by atoms with van der Waals surface area (Å²) < 4.78 is 13.1. The fourth-order valence-electron chi connectivity index (χ4n) is 2.72. The van der Waals surface area contributed by atoms with Gasteiger partial charge in [0.05, 0.1) is 5.54 Å². The number of anilines is 1. The van der Waals surface area contributed by atoms with Gasteiger partial charge in [0.2, 0.25) is 0 Å². The van der Waals surface area contributed by atoms with Gasteiger partial charge in [-0.05, 0) is 43.0 Å². The Kier molecular flexibility index (Phi) is 3.60. The average Bonchev–Trinajstić information content (AvgIpc) is 2.44. The van der Waals surface area contributed by atoms with E-state index in [9.17, 15) is 9.18 Å². The summed E-state index contributed by atoms with van der Waals surface area (Å²) in [5.41, 5.74) is 1.28. The average molecular weight is 284 g/mol. The lowest BCUT2D eigenvalue weighted by molar-refractivity contribution is 0.185.